The van der Waals surface area contributed by atoms with E-state index in [0.29, 0.717) is 34.7 Å². The number of nitrogens with zero attached hydrogens (tertiary/aromatic N) is 3. The lowest BCUT2D eigenvalue weighted by Crippen LogP contribution is -2.26. The lowest BCUT2D eigenvalue weighted by Gasteiger charge is -2.16. The van der Waals surface area contributed by atoms with E-state index < -0.39 is 0 Å². The summed E-state index contributed by atoms with van der Waals surface area (Å²) < 4.78 is 1.74. The zero-order valence-electron chi connectivity index (χ0n) is 17.1. The summed E-state index contributed by atoms with van der Waals surface area (Å²) >= 11 is 0. The van der Waals surface area contributed by atoms with Crippen molar-refractivity contribution in [2.45, 2.75) is 20.4 Å². The van der Waals surface area contributed by atoms with Crippen molar-refractivity contribution in [3.8, 4) is 11.5 Å². The molecule has 4 aromatic rings. The van der Waals surface area contributed by atoms with Crippen LogP contribution in [0.2, 0.25) is 0 Å². The fourth-order valence-electron chi connectivity index (χ4n) is 4.18. The Kier molecular flexibility index (Phi) is 5.36. The molecule has 0 aliphatic rings. The Morgan fingerprint density at radius 1 is 1.03 bits per heavy atom. The molecule has 0 aliphatic heterocycles. The van der Waals surface area contributed by atoms with E-state index in [0.717, 1.165) is 25.2 Å². The average Bonchev–Trinajstić information content (AvgIpc) is 3.10. The number of likely N-dealkylation sites (N-methyl/N-ethyl adjacent to an activating group) is 1. The standard InChI is InChI=1S/C22H26N4O4/c1-3-25(4-2)10-9-23-13-5-6-14-18-17(13)22(30)20-16(29)8-7-15(28)19(20)21(18)24-26(14)11-12-27/h5-8,24,27,29-30H,3-4,9-12H2,1-2H3. The van der Waals surface area contributed by atoms with Crippen LogP contribution in [0.25, 0.3) is 32.6 Å². The molecule has 4 rings (SSSR count). The van der Waals surface area contributed by atoms with Crippen LogP contribution in [0.1, 0.15) is 13.8 Å². The minimum absolute atomic E-state index is 0.0854. The molecule has 0 bridgehead atoms. The summed E-state index contributed by atoms with van der Waals surface area (Å²) in [5.74, 6) is -0.322. The van der Waals surface area contributed by atoms with Gasteiger partial charge in [-0.15, -0.1) is 0 Å². The van der Waals surface area contributed by atoms with E-state index in [-0.39, 0.29) is 34.3 Å². The topological polar surface area (TPSA) is 114 Å². The van der Waals surface area contributed by atoms with Crippen LogP contribution in [0, 0.1) is 0 Å². The molecule has 0 spiro atoms. The maximum atomic E-state index is 12.6. The van der Waals surface area contributed by atoms with Gasteiger partial charge in [-0.3, -0.25) is 19.6 Å². The van der Waals surface area contributed by atoms with E-state index in [4.69, 9.17) is 4.99 Å². The highest BCUT2D eigenvalue weighted by Crippen LogP contribution is 2.41. The van der Waals surface area contributed by atoms with Crippen molar-refractivity contribution in [2.24, 2.45) is 4.99 Å². The van der Waals surface area contributed by atoms with Crippen LogP contribution in [0.3, 0.4) is 0 Å². The molecule has 8 nitrogen and oxygen atoms in total. The first kappa shape index (κ1) is 20.2. The number of hydrogen-bond acceptors (Lipinski definition) is 6. The van der Waals surface area contributed by atoms with Gasteiger partial charge in [0.1, 0.15) is 11.5 Å². The van der Waals surface area contributed by atoms with Crippen LogP contribution in [0.4, 0.5) is 0 Å². The smallest absolute Gasteiger partial charge is 0.189 e. The van der Waals surface area contributed by atoms with Crippen molar-refractivity contribution < 1.29 is 15.3 Å². The zero-order valence-corrected chi connectivity index (χ0v) is 17.1. The van der Waals surface area contributed by atoms with Crippen molar-refractivity contribution in [1.29, 1.82) is 0 Å². The normalized spacial score (nSPS) is 12.9. The molecule has 0 radical (unpaired) electrons. The minimum Gasteiger partial charge on any atom is -0.507 e. The highest BCUT2D eigenvalue weighted by molar-refractivity contribution is 6.23. The molecule has 0 amide bonds. The van der Waals surface area contributed by atoms with E-state index in [1.165, 1.54) is 12.1 Å². The Balaban J connectivity index is 2.08. The van der Waals surface area contributed by atoms with Crippen LogP contribution in [0.5, 0.6) is 11.5 Å². The second kappa shape index (κ2) is 7.97. The number of aromatic nitrogens is 2. The van der Waals surface area contributed by atoms with Crippen LogP contribution < -0.4 is 10.8 Å². The maximum Gasteiger partial charge on any atom is 0.189 e. The number of nitrogens with one attached hydrogen (secondary N) is 1. The summed E-state index contributed by atoms with van der Waals surface area (Å²) in [7, 11) is 0. The Morgan fingerprint density at radius 3 is 2.50 bits per heavy atom. The first-order valence-corrected chi connectivity index (χ1v) is 10.2. The minimum atomic E-state index is -0.303. The molecule has 4 N–H and O–H groups in total. The van der Waals surface area contributed by atoms with E-state index in [1.54, 1.807) is 4.68 Å². The highest BCUT2D eigenvalue weighted by atomic mass is 16.3. The molecule has 0 saturated carbocycles. The number of aliphatic hydroxyl groups is 1. The van der Waals surface area contributed by atoms with Gasteiger partial charge in [0.2, 0.25) is 0 Å². The van der Waals surface area contributed by atoms with Gasteiger partial charge in [0, 0.05) is 11.9 Å². The Labute approximate surface area is 172 Å². The van der Waals surface area contributed by atoms with Gasteiger partial charge in [-0.25, -0.2) is 0 Å². The number of H-pyrrole nitrogens is 1. The van der Waals surface area contributed by atoms with Crippen molar-refractivity contribution in [3.05, 3.63) is 39.8 Å². The summed E-state index contributed by atoms with van der Waals surface area (Å²) in [5.41, 5.74) is 0.961. The van der Waals surface area contributed by atoms with Gasteiger partial charge in [0.25, 0.3) is 0 Å². The van der Waals surface area contributed by atoms with Crippen LogP contribution in [-0.2, 0) is 6.54 Å². The molecule has 8 heteroatoms. The van der Waals surface area contributed by atoms with Crippen molar-refractivity contribution in [2.75, 3.05) is 32.8 Å². The third kappa shape index (κ3) is 3.09. The molecule has 0 atom stereocenters. The second-order valence-electron chi connectivity index (χ2n) is 7.31. The van der Waals surface area contributed by atoms with Gasteiger partial charge in [0.15, 0.2) is 5.43 Å². The average molecular weight is 410 g/mol. The van der Waals surface area contributed by atoms with E-state index in [2.05, 4.69) is 23.8 Å². The van der Waals surface area contributed by atoms with E-state index in [1.807, 2.05) is 12.1 Å². The Morgan fingerprint density at radius 2 is 1.80 bits per heavy atom. The number of rotatable bonds is 7. The zero-order chi connectivity index (χ0) is 21.4. The monoisotopic (exact) mass is 410 g/mol. The number of aromatic hydroxyl groups is 2. The number of phenols is 2. The molecule has 158 valence electrons. The summed E-state index contributed by atoms with van der Waals surface area (Å²) in [6.45, 7) is 7.65. The molecule has 0 saturated heterocycles. The summed E-state index contributed by atoms with van der Waals surface area (Å²) in [6, 6.07) is 6.28. The van der Waals surface area contributed by atoms with Crippen LogP contribution in [0.15, 0.2) is 34.1 Å². The van der Waals surface area contributed by atoms with Gasteiger partial charge < -0.3 is 20.2 Å². The number of phenolic OH excluding ortho intramolecular Hbond substituents is 2. The highest BCUT2D eigenvalue weighted by Gasteiger charge is 2.21. The number of aromatic amines is 1. The third-order valence-electron chi connectivity index (χ3n) is 5.73. The number of benzene rings is 3. The SMILES string of the molecule is CCN(CC)CCN=c1ccc2c3c1c(O)c1c(O)ccc(=O)c1c3[nH]n2CCO. The Hall–Kier alpha value is -3.10. The first-order chi connectivity index (χ1) is 14.5. The summed E-state index contributed by atoms with van der Waals surface area (Å²) in [6.07, 6.45) is 0. The fourth-order valence-corrected chi connectivity index (χ4v) is 4.18. The van der Waals surface area contributed by atoms with E-state index >= 15 is 0 Å². The third-order valence-corrected chi connectivity index (χ3v) is 5.73. The van der Waals surface area contributed by atoms with E-state index in [9.17, 15) is 20.1 Å². The molecular weight excluding hydrogens is 384 g/mol. The largest absolute Gasteiger partial charge is 0.507 e. The number of fused-ring (bicyclic) bond motifs is 2. The van der Waals surface area contributed by atoms with Crippen LogP contribution >= 0.6 is 0 Å². The number of aliphatic hydroxyl groups excluding tert-OH is 1. The molecule has 0 aliphatic carbocycles. The number of hydrogen-bond donors (Lipinski definition) is 4. The lowest BCUT2D eigenvalue weighted by atomic mass is 9.99. The molecule has 0 fully saturated rings. The lowest BCUT2D eigenvalue weighted by molar-refractivity contribution is 0.272. The predicted molar refractivity (Wildman–Crippen MR) is 117 cm³/mol. The molecule has 30 heavy (non-hydrogen) atoms. The van der Waals surface area contributed by atoms with Gasteiger partial charge in [-0.05, 0) is 37.4 Å². The quantitative estimate of drug-likeness (QED) is 0.347. The predicted octanol–water partition coefficient (Wildman–Crippen LogP) is 1.72. The van der Waals surface area contributed by atoms with Crippen molar-refractivity contribution in [3.63, 3.8) is 0 Å². The maximum absolute atomic E-state index is 12.6. The van der Waals surface area contributed by atoms with Gasteiger partial charge in [-0.2, -0.15) is 0 Å². The van der Waals surface area contributed by atoms with Gasteiger partial charge in [0.05, 0.1) is 52.2 Å². The summed E-state index contributed by atoms with van der Waals surface area (Å²) in [4.78, 5) is 19.6. The Bertz CT molecular complexity index is 1330. The van der Waals surface area contributed by atoms with Gasteiger partial charge in [-0.1, -0.05) is 13.8 Å². The molecule has 3 aromatic carbocycles. The fraction of sp³-hybridized carbons (Fsp3) is 0.364. The summed E-state index contributed by atoms with van der Waals surface area (Å²) in [5, 5.41) is 36.3. The molecule has 1 aromatic heterocycles. The first-order valence-electron chi connectivity index (χ1n) is 10.2. The van der Waals surface area contributed by atoms with Crippen molar-refractivity contribution in [1.82, 2.24) is 14.7 Å². The van der Waals surface area contributed by atoms with Gasteiger partial charge >= 0.3 is 0 Å². The van der Waals surface area contributed by atoms with Crippen molar-refractivity contribution >= 4 is 32.6 Å². The molecular formula is C22H26N4O4. The molecule has 0 unspecified atom stereocenters. The van der Waals surface area contributed by atoms with Crippen LogP contribution in [-0.4, -0.2) is 62.8 Å². The second-order valence-corrected chi connectivity index (χ2v) is 7.31. The molecule has 1 heterocycles.